The molecule has 2 heterocycles. The summed E-state index contributed by atoms with van der Waals surface area (Å²) in [6.07, 6.45) is 0. The van der Waals surface area contributed by atoms with E-state index >= 15 is 0 Å². The van der Waals surface area contributed by atoms with E-state index in [-0.39, 0.29) is 5.91 Å². The Labute approximate surface area is 162 Å². The maximum absolute atomic E-state index is 13.0. The average Bonchev–Trinajstić information content (AvgIpc) is 3.10. The molecular formula is C22H19N3O3. The molecule has 2 aromatic carbocycles. The number of rotatable bonds is 5. The highest BCUT2D eigenvalue weighted by atomic mass is 16.5. The van der Waals surface area contributed by atoms with Crippen molar-refractivity contribution in [3.63, 3.8) is 0 Å². The van der Waals surface area contributed by atoms with Crippen LogP contribution in [-0.2, 0) is 0 Å². The third-order valence-corrected chi connectivity index (χ3v) is 4.35. The van der Waals surface area contributed by atoms with Gasteiger partial charge in [-0.15, -0.1) is 0 Å². The van der Waals surface area contributed by atoms with Crippen molar-refractivity contribution in [3.05, 3.63) is 71.9 Å². The van der Waals surface area contributed by atoms with Crippen molar-refractivity contribution in [2.45, 2.75) is 13.8 Å². The number of benzene rings is 2. The van der Waals surface area contributed by atoms with Crippen LogP contribution in [0.25, 0.3) is 22.4 Å². The third-order valence-electron chi connectivity index (χ3n) is 4.35. The third kappa shape index (κ3) is 3.44. The fraction of sp³-hybridized carbons (Fsp3) is 0.136. The van der Waals surface area contributed by atoms with Crippen LogP contribution in [0.3, 0.4) is 0 Å². The lowest BCUT2D eigenvalue weighted by molar-refractivity contribution is 0.102. The van der Waals surface area contributed by atoms with Crippen molar-refractivity contribution in [3.8, 4) is 17.0 Å². The molecule has 0 atom stereocenters. The fourth-order valence-corrected chi connectivity index (χ4v) is 3.03. The molecule has 0 aliphatic carbocycles. The Balaban J connectivity index is 1.72. The molecule has 2 aromatic heterocycles. The van der Waals surface area contributed by atoms with Gasteiger partial charge in [0.2, 0.25) is 0 Å². The highest BCUT2D eigenvalue weighted by Crippen LogP contribution is 2.28. The number of aromatic nitrogens is 2. The minimum Gasteiger partial charge on any atom is -0.494 e. The van der Waals surface area contributed by atoms with Crippen LogP contribution in [0.5, 0.6) is 5.75 Å². The Hall–Kier alpha value is -3.67. The van der Waals surface area contributed by atoms with Gasteiger partial charge in [-0.25, -0.2) is 4.98 Å². The summed E-state index contributed by atoms with van der Waals surface area (Å²) in [5.41, 5.74) is 3.66. The summed E-state index contributed by atoms with van der Waals surface area (Å²) in [5, 5.41) is 7.52. The topological polar surface area (TPSA) is 77.2 Å². The molecule has 0 saturated carbocycles. The van der Waals surface area contributed by atoms with Gasteiger partial charge in [0.15, 0.2) is 0 Å². The van der Waals surface area contributed by atoms with Crippen molar-refractivity contribution in [1.82, 2.24) is 10.1 Å². The van der Waals surface area contributed by atoms with Gasteiger partial charge in [0.05, 0.1) is 28.9 Å². The van der Waals surface area contributed by atoms with Crippen LogP contribution < -0.4 is 10.1 Å². The molecule has 0 aliphatic heterocycles. The highest BCUT2D eigenvalue weighted by Gasteiger charge is 2.19. The zero-order chi connectivity index (χ0) is 19.5. The lowest BCUT2D eigenvalue weighted by Gasteiger charge is -2.09. The number of ether oxygens (including phenoxy) is 1. The number of carbonyl (C=O) groups excluding carboxylic acids is 1. The molecular weight excluding hydrogens is 354 g/mol. The second kappa shape index (κ2) is 7.52. The molecule has 0 bridgehead atoms. The van der Waals surface area contributed by atoms with E-state index in [0.717, 1.165) is 11.3 Å². The summed E-state index contributed by atoms with van der Waals surface area (Å²) in [6, 6.07) is 18.7. The van der Waals surface area contributed by atoms with Gasteiger partial charge < -0.3 is 14.6 Å². The van der Waals surface area contributed by atoms with Crippen molar-refractivity contribution in [2.75, 3.05) is 11.9 Å². The molecule has 0 fully saturated rings. The second-order valence-corrected chi connectivity index (χ2v) is 6.28. The molecule has 0 aliphatic rings. The molecule has 1 N–H and O–H groups in total. The molecule has 1 amide bonds. The van der Waals surface area contributed by atoms with E-state index in [4.69, 9.17) is 9.26 Å². The summed E-state index contributed by atoms with van der Waals surface area (Å²) in [4.78, 5) is 17.6. The maximum Gasteiger partial charge on any atom is 0.259 e. The van der Waals surface area contributed by atoms with Crippen molar-refractivity contribution >= 4 is 22.7 Å². The predicted octanol–water partition coefficient (Wildman–Crippen LogP) is 4.85. The molecule has 0 saturated heterocycles. The summed E-state index contributed by atoms with van der Waals surface area (Å²) in [5.74, 6) is 0.507. The zero-order valence-electron chi connectivity index (χ0n) is 15.6. The van der Waals surface area contributed by atoms with Crippen LogP contribution in [0.4, 0.5) is 5.69 Å². The van der Waals surface area contributed by atoms with Crippen LogP contribution in [0.1, 0.15) is 23.0 Å². The molecule has 0 unspecified atom stereocenters. The molecule has 0 spiro atoms. The van der Waals surface area contributed by atoms with Crippen LogP contribution in [0.15, 0.2) is 65.2 Å². The summed E-state index contributed by atoms with van der Waals surface area (Å²) in [7, 11) is 0. The first-order chi connectivity index (χ1) is 13.7. The first-order valence-electron chi connectivity index (χ1n) is 9.02. The van der Waals surface area contributed by atoms with Gasteiger partial charge >= 0.3 is 0 Å². The van der Waals surface area contributed by atoms with E-state index in [0.29, 0.717) is 40.3 Å². The molecule has 4 rings (SSSR count). The standard InChI is InChI=1S/C22H19N3O3/c1-3-27-17-11-9-16(10-12-17)23-21(26)18-13-19(15-7-5-4-6-8-15)24-22-20(18)14(2)25-28-22/h4-13H,3H2,1-2H3,(H,23,26). The molecule has 28 heavy (non-hydrogen) atoms. The van der Waals surface area contributed by atoms with Gasteiger partial charge in [0, 0.05) is 11.3 Å². The van der Waals surface area contributed by atoms with Crippen LogP contribution in [0, 0.1) is 6.92 Å². The minimum atomic E-state index is -0.250. The minimum absolute atomic E-state index is 0.250. The van der Waals surface area contributed by atoms with Crippen LogP contribution in [-0.4, -0.2) is 22.7 Å². The maximum atomic E-state index is 13.0. The first-order valence-corrected chi connectivity index (χ1v) is 9.02. The Morgan fingerprint density at radius 1 is 1.11 bits per heavy atom. The number of fused-ring (bicyclic) bond motifs is 1. The fourth-order valence-electron chi connectivity index (χ4n) is 3.03. The molecule has 6 nitrogen and oxygen atoms in total. The van der Waals surface area contributed by atoms with Gasteiger partial charge in [-0.3, -0.25) is 4.79 Å². The SMILES string of the molecule is CCOc1ccc(NC(=O)c2cc(-c3ccccc3)nc3onc(C)c23)cc1. The first kappa shape index (κ1) is 17.7. The Morgan fingerprint density at radius 3 is 2.57 bits per heavy atom. The van der Waals surface area contributed by atoms with Gasteiger partial charge in [0.1, 0.15) is 5.75 Å². The smallest absolute Gasteiger partial charge is 0.259 e. The van der Waals surface area contributed by atoms with E-state index in [2.05, 4.69) is 15.5 Å². The van der Waals surface area contributed by atoms with Gasteiger partial charge in [-0.2, -0.15) is 0 Å². The van der Waals surface area contributed by atoms with E-state index in [9.17, 15) is 4.79 Å². The number of hydrogen-bond donors (Lipinski definition) is 1. The molecule has 140 valence electrons. The monoisotopic (exact) mass is 373 g/mol. The largest absolute Gasteiger partial charge is 0.494 e. The second-order valence-electron chi connectivity index (χ2n) is 6.28. The number of hydrogen-bond acceptors (Lipinski definition) is 5. The van der Waals surface area contributed by atoms with Gasteiger partial charge in [-0.05, 0) is 44.2 Å². The summed E-state index contributed by atoms with van der Waals surface area (Å²) in [6.45, 7) is 4.31. The van der Waals surface area contributed by atoms with E-state index in [1.807, 2.05) is 49.4 Å². The number of aryl methyl sites for hydroxylation is 1. The van der Waals surface area contributed by atoms with Gasteiger partial charge in [0.25, 0.3) is 11.6 Å². The number of pyridine rings is 1. The molecule has 4 aromatic rings. The normalized spacial score (nSPS) is 10.8. The van der Waals surface area contributed by atoms with Crippen molar-refractivity contribution < 1.29 is 14.1 Å². The van der Waals surface area contributed by atoms with Crippen LogP contribution >= 0.6 is 0 Å². The zero-order valence-corrected chi connectivity index (χ0v) is 15.6. The Morgan fingerprint density at radius 2 is 1.86 bits per heavy atom. The lowest BCUT2D eigenvalue weighted by Crippen LogP contribution is -2.13. The van der Waals surface area contributed by atoms with E-state index in [1.165, 1.54) is 0 Å². The predicted molar refractivity (Wildman–Crippen MR) is 108 cm³/mol. The van der Waals surface area contributed by atoms with Crippen molar-refractivity contribution in [2.24, 2.45) is 0 Å². The average molecular weight is 373 g/mol. The lowest BCUT2D eigenvalue weighted by atomic mass is 10.0. The van der Waals surface area contributed by atoms with Gasteiger partial charge in [-0.1, -0.05) is 35.5 Å². The Kier molecular flexibility index (Phi) is 4.76. The number of anilines is 1. The summed E-state index contributed by atoms with van der Waals surface area (Å²) < 4.78 is 10.8. The van der Waals surface area contributed by atoms with E-state index in [1.54, 1.807) is 25.1 Å². The quantitative estimate of drug-likeness (QED) is 0.541. The molecule has 0 radical (unpaired) electrons. The number of nitrogens with one attached hydrogen (secondary N) is 1. The summed E-state index contributed by atoms with van der Waals surface area (Å²) >= 11 is 0. The van der Waals surface area contributed by atoms with Crippen molar-refractivity contribution in [1.29, 1.82) is 0 Å². The van der Waals surface area contributed by atoms with E-state index < -0.39 is 0 Å². The molecule has 6 heteroatoms. The highest BCUT2D eigenvalue weighted by molar-refractivity contribution is 6.13. The van der Waals surface area contributed by atoms with Crippen LogP contribution in [0.2, 0.25) is 0 Å². The number of nitrogens with zero attached hydrogens (tertiary/aromatic N) is 2. The Bertz CT molecular complexity index is 1120. The number of carbonyl (C=O) groups is 1. The number of amides is 1.